The highest BCUT2D eigenvalue weighted by molar-refractivity contribution is 5.92. The number of nitrogens with zero attached hydrogens (tertiary/aromatic N) is 2. The molecule has 0 spiro atoms. The molecular formula is C44H68N2O11. The number of hydrogen-bond acceptors (Lipinski definition) is 13. The fourth-order valence-corrected chi connectivity index (χ4v) is 9.53. The molecule has 13 heteroatoms. The molecule has 3 unspecified atom stereocenters. The lowest BCUT2D eigenvalue weighted by atomic mass is 9.75. The second-order valence-corrected chi connectivity index (χ2v) is 17.5. The molecule has 0 N–H and O–H groups in total. The SMILES string of the molecule is CC[C@H]1OC(=O)[C@H](C)[C@H]2OC/C(=N\OCCCCc3ccccc3)CO[C@@](C)(C[C@@H](C)C3OC1(C)C(=O)C3C)[C@H](O[C@@H]1O[C@H](C)C[C@H](N(C)C)[C@H]1OC(C)=O)[C@@H]2C. The van der Waals surface area contributed by atoms with Crippen molar-refractivity contribution in [2.75, 3.05) is 33.9 Å². The van der Waals surface area contributed by atoms with Crippen molar-refractivity contribution in [2.45, 2.75) is 161 Å². The highest BCUT2D eigenvalue weighted by atomic mass is 16.7. The van der Waals surface area contributed by atoms with Gasteiger partial charge >= 0.3 is 11.9 Å². The van der Waals surface area contributed by atoms with Crippen LogP contribution in [-0.4, -0.2) is 122 Å². The lowest BCUT2D eigenvalue weighted by molar-refractivity contribution is -0.305. The third kappa shape index (κ3) is 10.4. The first-order chi connectivity index (χ1) is 27.0. The van der Waals surface area contributed by atoms with Crippen molar-refractivity contribution in [1.82, 2.24) is 4.90 Å². The minimum absolute atomic E-state index is 0.0426. The second-order valence-electron chi connectivity index (χ2n) is 17.5. The number of likely N-dealkylation sites (N-methyl/N-ethyl adjacent to an activating group) is 1. The molecule has 4 heterocycles. The topological polar surface area (TPSA) is 141 Å². The summed E-state index contributed by atoms with van der Waals surface area (Å²) < 4.78 is 46.2. The number of aryl methyl sites for hydroxylation is 1. The van der Waals surface area contributed by atoms with Crippen LogP contribution in [0.2, 0.25) is 0 Å². The first kappa shape index (κ1) is 45.1. The van der Waals surface area contributed by atoms with Gasteiger partial charge in [-0.2, -0.15) is 0 Å². The van der Waals surface area contributed by atoms with Crippen LogP contribution >= 0.6 is 0 Å². The van der Waals surface area contributed by atoms with Crippen LogP contribution < -0.4 is 0 Å². The van der Waals surface area contributed by atoms with E-state index in [1.165, 1.54) is 12.5 Å². The largest absolute Gasteiger partial charge is 0.459 e. The summed E-state index contributed by atoms with van der Waals surface area (Å²) in [5.74, 6) is -3.03. The number of carbonyl (C=O) groups is 3. The molecule has 1 aromatic carbocycles. The zero-order chi connectivity index (χ0) is 41.7. The van der Waals surface area contributed by atoms with Gasteiger partial charge in [0, 0.05) is 18.8 Å². The Morgan fingerprint density at radius 2 is 1.70 bits per heavy atom. The van der Waals surface area contributed by atoms with Gasteiger partial charge in [0.2, 0.25) is 0 Å². The predicted molar refractivity (Wildman–Crippen MR) is 213 cm³/mol. The van der Waals surface area contributed by atoms with Gasteiger partial charge in [-0.1, -0.05) is 63.2 Å². The summed E-state index contributed by atoms with van der Waals surface area (Å²) in [7, 11) is 3.89. The molecule has 4 bridgehead atoms. The number of Topliss-reactive ketones (excluding diaryl/α,β-unsaturated/α-hetero) is 1. The summed E-state index contributed by atoms with van der Waals surface area (Å²) >= 11 is 0. The van der Waals surface area contributed by atoms with Gasteiger partial charge in [0.25, 0.3) is 0 Å². The second kappa shape index (κ2) is 19.4. The minimum atomic E-state index is -1.31. The predicted octanol–water partition coefficient (Wildman–Crippen LogP) is 5.93. The van der Waals surface area contributed by atoms with Gasteiger partial charge in [0.05, 0.1) is 55.2 Å². The third-order valence-electron chi connectivity index (χ3n) is 12.6. The van der Waals surface area contributed by atoms with Crippen LogP contribution in [0.25, 0.3) is 0 Å². The van der Waals surface area contributed by atoms with E-state index in [4.69, 9.17) is 38.0 Å². The third-order valence-corrected chi connectivity index (χ3v) is 12.6. The molecule has 13 nitrogen and oxygen atoms in total. The number of fused-ring (bicyclic) bond motifs is 5. The summed E-state index contributed by atoms with van der Waals surface area (Å²) in [5, 5.41) is 4.52. The van der Waals surface area contributed by atoms with Gasteiger partial charge < -0.3 is 42.9 Å². The van der Waals surface area contributed by atoms with E-state index in [2.05, 4.69) is 24.2 Å². The Balaban J connectivity index is 1.53. The quantitative estimate of drug-likeness (QED) is 0.149. The van der Waals surface area contributed by atoms with Gasteiger partial charge in [-0.3, -0.25) is 14.4 Å². The standard InChI is InChI=1S/C44H68N2O11/c1-12-35-44(9)39(48)28(4)36(57-44)26(2)23-43(8)40(56-42-38(54-31(7)47)34(46(10)11)22-27(3)53-42)29(5)37(30(6)41(49)55-35)50-24-33(25-51-43)45-52-21-17-16-20-32-18-14-13-15-19-32/h13-15,18-19,26-30,34-38,40,42H,12,16-17,20-25H2,1-11H3/b45-33+/t26-,27-,28?,29-,30-,34+,35-,36?,37+,38-,40-,42+,43+,44?/m1/s1. The van der Waals surface area contributed by atoms with Gasteiger partial charge in [-0.05, 0) is 91.8 Å². The number of hydrogen-bond donors (Lipinski definition) is 0. The van der Waals surface area contributed by atoms with E-state index in [0.29, 0.717) is 31.6 Å². The van der Waals surface area contributed by atoms with Crippen molar-refractivity contribution in [3.05, 3.63) is 35.9 Å². The van der Waals surface area contributed by atoms with Crippen molar-refractivity contribution < 1.29 is 52.4 Å². The number of ether oxygens (including phenoxy) is 7. The Hall–Kier alpha value is -2.94. The number of rotatable bonds is 11. The van der Waals surface area contributed by atoms with Crippen LogP contribution in [0.4, 0.5) is 0 Å². The van der Waals surface area contributed by atoms with E-state index in [-0.39, 0.29) is 37.1 Å². The summed E-state index contributed by atoms with van der Waals surface area (Å²) in [4.78, 5) is 48.7. The molecule has 0 aliphatic carbocycles. The van der Waals surface area contributed by atoms with E-state index in [9.17, 15) is 14.4 Å². The van der Waals surface area contributed by atoms with E-state index >= 15 is 0 Å². The summed E-state index contributed by atoms with van der Waals surface area (Å²) in [5.41, 5.74) is -0.603. The average Bonchev–Trinajstić information content (AvgIpc) is 3.42. The van der Waals surface area contributed by atoms with Gasteiger partial charge in [0.1, 0.15) is 18.4 Å². The fraction of sp³-hybridized carbons (Fsp3) is 0.773. The number of unbranched alkanes of at least 4 members (excludes halogenated alkanes) is 1. The number of oxime groups is 1. The van der Waals surface area contributed by atoms with Crippen molar-refractivity contribution in [1.29, 1.82) is 0 Å². The highest BCUT2D eigenvalue weighted by Gasteiger charge is 2.59. The van der Waals surface area contributed by atoms with Crippen molar-refractivity contribution >= 4 is 23.4 Å². The zero-order valence-electron chi connectivity index (χ0n) is 36.1. The van der Waals surface area contributed by atoms with Crippen molar-refractivity contribution in [3.8, 4) is 0 Å². The summed E-state index contributed by atoms with van der Waals surface area (Å²) in [6.07, 6.45) is -0.645. The maximum Gasteiger partial charge on any atom is 0.311 e. The van der Waals surface area contributed by atoms with Crippen LogP contribution in [0.1, 0.15) is 100.0 Å². The maximum absolute atomic E-state index is 14.3. The molecule has 4 fully saturated rings. The van der Waals surface area contributed by atoms with Crippen molar-refractivity contribution in [3.63, 3.8) is 0 Å². The summed E-state index contributed by atoms with van der Waals surface area (Å²) in [6, 6.07) is 10.1. The van der Waals surface area contributed by atoms with Gasteiger partial charge in [0.15, 0.2) is 23.8 Å². The van der Waals surface area contributed by atoms with E-state index in [1.807, 2.05) is 71.8 Å². The number of benzene rings is 1. The molecule has 320 valence electrons. The van der Waals surface area contributed by atoms with Crippen LogP contribution in [0.3, 0.4) is 0 Å². The van der Waals surface area contributed by atoms with Crippen LogP contribution in [0, 0.1) is 23.7 Å². The average molecular weight is 801 g/mol. The van der Waals surface area contributed by atoms with E-state index in [1.54, 1.807) is 13.8 Å². The Morgan fingerprint density at radius 3 is 2.37 bits per heavy atom. The van der Waals surface area contributed by atoms with Crippen LogP contribution in [-0.2, 0) is 58.8 Å². The molecule has 0 aromatic heterocycles. The fourth-order valence-electron chi connectivity index (χ4n) is 9.53. The van der Waals surface area contributed by atoms with Crippen LogP contribution in [0.15, 0.2) is 35.5 Å². The molecule has 0 saturated carbocycles. The molecule has 4 aliphatic heterocycles. The molecule has 14 atom stereocenters. The molecule has 5 rings (SSSR count). The Bertz CT molecular complexity index is 1540. The molecule has 0 radical (unpaired) electrons. The lowest BCUT2D eigenvalue weighted by Crippen LogP contribution is -2.60. The van der Waals surface area contributed by atoms with E-state index < -0.39 is 77.7 Å². The first-order valence-electron chi connectivity index (χ1n) is 21.0. The molecule has 57 heavy (non-hydrogen) atoms. The molecule has 4 saturated heterocycles. The van der Waals surface area contributed by atoms with Gasteiger partial charge in [-0.25, -0.2) is 0 Å². The monoisotopic (exact) mass is 800 g/mol. The highest BCUT2D eigenvalue weighted by Crippen LogP contribution is 2.45. The van der Waals surface area contributed by atoms with Gasteiger partial charge in [-0.15, -0.1) is 0 Å². The Labute approximate surface area is 339 Å². The normalized spacial score (nSPS) is 40.0. The lowest BCUT2D eigenvalue weighted by Gasteiger charge is -2.48. The zero-order valence-corrected chi connectivity index (χ0v) is 36.1. The number of ketones is 1. The number of cyclic esters (lactones) is 1. The molecule has 0 amide bonds. The smallest absolute Gasteiger partial charge is 0.311 e. The molecule has 1 aromatic rings. The number of esters is 2. The van der Waals surface area contributed by atoms with E-state index in [0.717, 1.165) is 19.3 Å². The molecule has 4 aliphatic rings. The first-order valence-corrected chi connectivity index (χ1v) is 21.0. The summed E-state index contributed by atoms with van der Waals surface area (Å²) in [6.45, 7) is 17.2. The van der Waals surface area contributed by atoms with Crippen LogP contribution in [0.5, 0.6) is 0 Å². The Kier molecular flexibility index (Phi) is 15.4. The Morgan fingerprint density at radius 1 is 0.982 bits per heavy atom. The number of carbonyl (C=O) groups excluding carboxylic acids is 3. The maximum atomic E-state index is 14.3. The molecular weight excluding hydrogens is 732 g/mol. The van der Waals surface area contributed by atoms with Crippen molar-refractivity contribution in [2.24, 2.45) is 28.8 Å². The minimum Gasteiger partial charge on any atom is -0.459 e.